The van der Waals surface area contributed by atoms with Gasteiger partial charge in [0.05, 0.1) is 11.7 Å². The molecule has 1 fully saturated rings. The molecule has 1 unspecified atom stereocenters. The van der Waals surface area contributed by atoms with E-state index in [1.165, 1.54) is 6.07 Å². The lowest BCUT2D eigenvalue weighted by molar-refractivity contribution is -0.121. The molecule has 1 saturated heterocycles. The molecule has 0 spiro atoms. The van der Waals surface area contributed by atoms with Gasteiger partial charge in [0.15, 0.2) is 11.6 Å². The Morgan fingerprint density at radius 1 is 1.38 bits per heavy atom. The van der Waals surface area contributed by atoms with Crippen LogP contribution in [0.1, 0.15) is 12.6 Å². The zero-order valence-electron chi connectivity index (χ0n) is 13.7. The summed E-state index contributed by atoms with van der Waals surface area (Å²) in [5.74, 6) is 0.242. The van der Waals surface area contributed by atoms with Crippen LogP contribution >= 0.6 is 0 Å². The Balaban J connectivity index is 1.56. The van der Waals surface area contributed by atoms with Gasteiger partial charge < -0.3 is 9.42 Å². The molecule has 1 aliphatic heterocycles. The van der Waals surface area contributed by atoms with Crippen LogP contribution in [0.4, 0.5) is 16.1 Å². The van der Waals surface area contributed by atoms with E-state index in [4.69, 9.17) is 4.52 Å². The second-order valence-corrected chi connectivity index (χ2v) is 5.83. The van der Waals surface area contributed by atoms with E-state index >= 15 is 0 Å². The summed E-state index contributed by atoms with van der Waals surface area (Å²) in [7, 11) is 0. The molecule has 1 amide bonds. The Kier molecular flexibility index (Phi) is 4.75. The molecule has 2 aromatic rings. The van der Waals surface area contributed by atoms with Gasteiger partial charge in [-0.2, -0.15) is 0 Å². The van der Waals surface area contributed by atoms with E-state index < -0.39 is 0 Å². The fraction of sp³-hybridized carbons (Fsp3) is 0.438. The SMILES string of the molecule is Cc1cc(NC(=O)C(C)N2CCN(c3ncccc3F)CC2)on1. The van der Waals surface area contributed by atoms with Gasteiger partial charge in [-0.25, -0.2) is 9.37 Å². The topological polar surface area (TPSA) is 74.5 Å². The van der Waals surface area contributed by atoms with E-state index in [2.05, 4.69) is 20.4 Å². The number of anilines is 2. The number of nitrogens with one attached hydrogen (secondary N) is 1. The normalized spacial score (nSPS) is 16.9. The van der Waals surface area contributed by atoms with Gasteiger partial charge in [-0.15, -0.1) is 0 Å². The first-order chi connectivity index (χ1) is 11.5. The molecule has 1 N–H and O–H groups in total. The summed E-state index contributed by atoms with van der Waals surface area (Å²) in [6.45, 7) is 6.17. The van der Waals surface area contributed by atoms with Gasteiger partial charge in [0.2, 0.25) is 11.8 Å². The molecule has 2 aromatic heterocycles. The number of hydrogen-bond acceptors (Lipinski definition) is 6. The Bertz CT molecular complexity index is 712. The van der Waals surface area contributed by atoms with E-state index in [-0.39, 0.29) is 17.8 Å². The number of aromatic nitrogens is 2. The summed E-state index contributed by atoms with van der Waals surface area (Å²) in [6, 6.07) is 4.34. The third-order valence-electron chi connectivity index (χ3n) is 4.15. The maximum absolute atomic E-state index is 13.8. The lowest BCUT2D eigenvalue weighted by Crippen LogP contribution is -2.53. The minimum Gasteiger partial charge on any atom is -0.352 e. The molecule has 0 bridgehead atoms. The van der Waals surface area contributed by atoms with Crippen LogP contribution in [-0.4, -0.2) is 53.2 Å². The van der Waals surface area contributed by atoms with Gasteiger partial charge in [0, 0.05) is 38.4 Å². The fourth-order valence-electron chi connectivity index (χ4n) is 2.75. The molecule has 128 valence electrons. The van der Waals surface area contributed by atoms with Crippen molar-refractivity contribution in [1.82, 2.24) is 15.0 Å². The van der Waals surface area contributed by atoms with Crippen molar-refractivity contribution < 1.29 is 13.7 Å². The molecule has 0 radical (unpaired) electrons. The van der Waals surface area contributed by atoms with Crippen molar-refractivity contribution in [3.63, 3.8) is 0 Å². The molecule has 8 heteroatoms. The number of rotatable bonds is 4. The first kappa shape index (κ1) is 16.4. The van der Waals surface area contributed by atoms with Crippen LogP contribution < -0.4 is 10.2 Å². The van der Waals surface area contributed by atoms with Gasteiger partial charge >= 0.3 is 0 Å². The maximum atomic E-state index is 13.8. The van der Waals surface area contributed by atoms with Gasteiger partial charge in [-0.3, -0.25) is 15.0 Å². The van der Waals surface area contributed by atoms with Crippen molar-refractivity contribution in [2.24, 2.45) is 0 Å². The zero-order valence-corrected chi connectivity index (χ0v) is 13.7. The van der Waals surface area contributed by atoms with Gasteiger partial charge in [-0.1, -0.05) is 5.16 Å². The molecule has 0 saturated carbocycles. The van der Waals surface area contributed by atoms with Crippen LogP contribution in [0.2, 0.25) is 0 Å². The summed E-state index contributed by atoms with van der Waals surface area (Å²) in [5.41, 5.74) is 0.712. The number of aryl methyl sites for hydroxylation is 1. The van der Waals surface area contributed by atoms with Crippen molar-refractivity contribution in [2.75, 3.05) is 36.4 Å². The molecule has 3 heterocycles. The largest absolute Gasteiger partial charge is 0.352 e. The standard InChI is InChI=1S/C16H20FN5O2/c1-11-10-14(24-20-11)19-16(23)12(2)21-6-8-22(9-7-21)15-13(17)4-3-5-18-15/h3-5,10,12H,6-9H2,1-2H3,(H,19,23). The quantitative estimate of drug-likeness (QED) is 0.917. The zero-order chi connectivity index (χ0) is 17.1. The lowest BCUT2D eigenvalue weighted by Gasteiger charge is -2.37. The smallest absolute Gasteiger partial charge is 0.243 e. The summed E-state index contributed by atoms with van der Waals surface area (Å²) in [4.78, 5) is 20.3. The van der Waals surface area contributed by atoms with Crippen molar-refractivity contribution >= 4 is 17.6 Å². The monoisotopic (exact) mass is 333 g/mol. The minimum absolute atomic E-state index is 0.149. The second kappa shape index (κ2) is 6.96. The predicted molar refractivity (Wildman–Crippen MR) is 87.3 cm³/mol. The molecule has 7 nitrogen and oxygen atoms in total. The average molecular weight is 333 g/mol. The highest BCUT2D eigenvalue weighted by Crippen LogP contribution is 2.18. The summed E-state index contributed by atoms with van der Waals surface area (Å²) in [6.07, 6.45) is 1.58. The number of pyridine rings is 1. The number of carbonyl (C=O) groups is 1. The van der Waals surface area contributed by atoms with Crippen LogP contribution in [0.25, 0.3) is 0 Å². The Labute approximate surface area is 139 Å². The number of piperazine rings is 1. The molecular formula is C16H20FN5O2. The molecule has 3 rings (SSSR count). The highest BCUT2D eigenvalue weighted by molar-refractivity contribution is 5.93. The molecule has 1 aliphatic rings. The van der Waals surface area contributed by atoms with Crippen molar-refractivity contribution in [1.29, 1.82) is 0 Å². The van der Waals surface area contributed by atoms with Crippen LogP contribution in [0, 0.1) is 12.7 Å². The maximum Gasteiger partial charge on any atom is 0.243 e. The van der Waals surface area contributed by atoms with Crippen LogP contribution in [0.15, 0.2) is 28.9 Å². The van der Waals surface area contributed by atoms with E-state index in [1.807, 2.05) is 11.8 Å². The number of amides is 1. The van der Waals surface area contributed by atoms with Crippen molar-refractivity contribution in [3.05, 3.63) is 35.9 Å². The van der Waals surface area contributed by atoms with Crippen LogP contribution in [0.3, 0.4) is 0 Å². The van der Waals surface area contributed by atoms with E-state index in [9.17, 15) is 9.18 Å². The third-order valence-corrected chi connectivity index (χ3v) is 4.15. The summed E-state index contributed by atoms with van der Waals surface area (Å²) in [5, 5.41) is 6.46. The number of hydrogen-bond donors (Lipinski definition) is 1. The molecular weight excluding hydrogens is 313 g/mol. The fourth-order valence-corrected chi connectivity index (χ4v) is 2.75. The molecule has 1 atom stereocenters. The van der Waals surface area contributed by atoms with E-state index in [0.29, 0.717) is 43.6 Å². The highest BCUT2D eigenvalue weighted by atomic mass is 19.1. The Hall–Kier alpha value is -2.48. The Morgan fingerprint density at radius 3 is 2.75 bits per heavy atom. The molecule has 0 aromatic carbocycles. The van der Waals surface area contributed by atoms with E-state index in [0.717, 1.165) is 0 Å². The number of nitrogens with zero attached hydrogens (tertiary/aromatic N) is 4. The van der Waals surface area contributed by atoms with Crippen LogP contribution in [-0.2, 0) is 4.79 Å². The second-order valence-electron chi connectivity index (χ2n) is 5.83. The minimum atomic E-state index is -0.322. The molecule has 0 aliphatic carbocycles. The Morgan fingerprint density at radius 2 is 2.12 bits per heavy atom. The lowest BCUT2D eigenvalue weighted by atomic mass is 10.2. The van der Waals surface area contributed by atoms with Gasteiger partial charge in [0.25, 0.3) is 0 Å². The number of halogens is 1. The van der Waals surface area contributed by atoms with Gasteiger partial charge in [-0.05, 0) is 26.0 Å². The van der Waals surface area contributed by atoms with Crippen LogP contribution in [0.5, 0.6) is 0 Å². The van der Waals surface area contributed by atoms with E-state index in [1.54, 1.807) is 25.3 Å². The summed E-state index contributed by atoms with van der Waals surface area (Å²) < 4.78 is 18.8. The number of carbonyl (C=O) groups excluding carboxylic acids is 1. The first-order valence-electron chi connectivity index (χ1n) is 7.88. The van der Waals surface area contributed by atoms with Crippen molar-refractivity contribution in [2.45, 2.75) is 19.9 Å². The first-order valence-corrected chi connectivity index (χ1v) is 7.88. The predicted octanol–water partition coefficient (Wildman–Crippen LogP) is 1.67. The summed E-state index contributed by atoms with van der Waals surface area (Å²) >= 11 is 0. The molecule has 24 heavy (non-hydrogen) atoms. The van der Waals surface area contributed by atoms with Gasteiger partial charge in [0.1, 0.15) is 0 Å². The third kappa shape index (κ3) is 3.53. The van der Waals surface area contributed by atoms with Crippen molar-refractivity contribution in [3.8, 4) is 0 Å². The average Bonchev–Trinajstić information content (AvgIpc) is 2.99. The highest BCUT2D eigenvalue weighted by Gasteiger charge is 2.27.